The van der Waals surface area contributed by atoms with Gasteiger partial charge >= 0.3 is 5.97 Å². The second-order valence-corrected chi connectivity index (χ2v) is 6.89. The van der Waals surface area contributed by atoms with Gasteiger partial charge in [-0.05, 0) is 38.7 Å². The quantitative estimate of drug-likeness (QED) is 0.803. The lowest BCUT2D eigenvalue weighted by molar-refractivity contribution is -0.139. The number of carboxylic acids is 1. The summed E-state index contributed by atoms with van der Waals surface area (Å²) in [6.07, 6.45) is 2.89. The fraction of sp³-hybridized carbons (Fsp3) is 0.556. The van der Waals surface area contributed by atoms with Gasteiger partial charge in [-0.1, -0.05) is 20.8 Å². The Hall–Kier alpha value is -2.44. The van der Waals surface area contributed by atoms with Crippen molar-refractivity contribution in [2.24, 2.45) is 5.92 Å². The van der Waals surface area contributed by atoms with Crippen LogP contribution in [0.25, 0.3) is 11.0 Å². The highest BCUT2D eigenvalue weighted by atomic mass is 16.4. The zero-order chi connectivity index (χ0) is 18.7. The molecule has 0 aromatic carbocycles. The summed E-state index contributed by atoms with van der Waals surface area (Å²) in [7, 11) is 0. The number of carbonyl (C=O) groups excluding carboxylic acids is 1. The molecule has 7 heteroatoms. The van der Waals surface area contributed by atoms with Gasteiger partial charge in [0.1, 0.15) is 6.04 Å². The molecule has 2 rings (SSSR count). The molecule has 136 valence electrons. The molecule has 0 radical (unpaired) electrons. The molecular weight excluding hydrogens is 320 g/mol. The maximum absolute atomic E-state index is 12.7. The molecular formula is C18H26N4O3. The fourth-order valence-electron chi connectivity index (χ4n) is 2.76. The van der Waals surface area contributed by atoms with Crippen LogP contribution >= 0.6 is 0 Å². The number of nitrogens with one attached hydrogen (secondary N) is 1. The van der Waals surface area contributed by atoms with Crippen molar-refractivity contribution in [1.82, 2.24) is 20.1 Å². The number of fused-ring (bicyclic) bond motifs is 1. The molecule has 25 heavy (non-hydrogen) atoms. The van der Waals surface area contributed by atoms with E-state index in [1.807, 2.05) is 32.4 Å². The monoisotopic (exact) mass is 346 g/mol. The number of amides is 1. The molecule has 0 saturated heterocycles. The van der Waals surface area contributed by atoms with E-state index in [1.54, 1.807) is 12.3 Å². The van der Waals surface area contributed by atoms with Crippen LogP contribution in [-0.2, 0) is 4.79 Å². The highest BCUT2D eigenvalue weighted by Gasteiger charge is 2.24. The Morgan fingerprint density at radius 1 is 1.32 bits per heavy atom. The number of aliphatic carboxylic acids is 1. The van der Waals surface area contributed by atoms with Gasteiger partial charge in [0.25, 0.3) is 5.91 Å². The first kappa shape index (κ1) is 18.9. The molecule has 1 amide bonds. The average Bonchev–Trinajstić information content (AvgIpc) is 2.95. The van der Waals surface area contributed by atoms with Crippen molar-refractivity contribution in [2.45, 2.75) is 59.5 Å². The maximum atomic E-state index is 12.7. The number of carboxylic acid groups (broad SMARTS) is 1. The van der Waals surface area contributed by atoms with Crippen LogP contribution in [0.2, 0.25) is 0 Å². The van der Waals surface area contributed by atoms with Crippen LogP contribution in [0, 0.1) is 12.8 Å². The van der Waals surface area contributed by atoms with Gasteiger partial charge in [-0.3, -0.25) is 4.79 Å². The topological polar surface area (TPSA) is 97.1 Å². The van der Waals surface area contributed by atoms with Crippen molar-refractivity contribution in [3.8, 4) is 0 Å². The van der Waals surface area contributed by atoms with Gasteiger partial charge in [-0.2, -0.15) is 5.10 Å². The molecule has 0 aliphatic carbocycles. The van der Waals surface area contributed by atoms with E-state index >= 15 is 0 Å². The van der Waals surface area contributed by atoms with Crippen LogP contribution in [0.1, 0.15) is 62.6 Å². The van der Waals surface area contributed by atoms with E-state index in [0.29, 0.717) is 28.7 Å². The maximum Gasteiger partial charge on any atom is 0.326 e. The lowest BCUT2D eigenvalue weighted by atomic mass is 10.0. The van der Waals surface area contributed by atoms with Gasteiger partial charge in [-0.15, -0.1) is 0 Å². The number of pyridine rings is 1. The van der Waals surface area contributed by atoms with E-state index in [-0.39, 0.29) is 12.0 Å². The van der Waals surface area contributed by atoms with Crippen molar-refractivity contribution in [3.05, 3.63) is 23.5 Å². The van der Waals surface area contributed by atoms with E-state index in [0.717, 1.165) is 6.42 Å². The number of hydrogen-bond donors (Lipinski definition) is 2. The van der Waals surface area contributed by atoms with Crippen LogP contribution in [0.4, 0.5) is 0 Å². The summed E-state index contributed by atoms with van der Waals surface area (Å²) in [6.45, 7) is 9.76. The second-order valence-electron chi connectivity index (χ2n) is 6.89. The Bertz CT molecular complexity index is 782. The first-order valence-electron chi connectivity index (χ1n) is 8.63. The third kappa shape index (κ3) is 4.15. The molecule has 2 N–H and O–H groups in total. The molecule has 7 nitrogen and oxygen atoms in total. The third-order valence-corrected chi connectivity index (χ3v) is 4.26. The molecule has 0 aliphatic heterocycles. The van der Waals surface area contributed by atoms with Gasteiger partial charge < -0.3 is 10.4 Å². The van der Waals surface area contributed by atoms with Crippen LogP contribution < -0.4 is 5.32 Å². The number of nitrogens with zero attached hydrogens (tertiary/aromatic N) is 3. The van der Waals surface area contributed by atoms with Crippen molar-refractivity contribution in [1.29, 1.82) is 0 Å². The SMILES string of the molecule is CCC(C)n1ncc2c(C(=O)N[C@H](CC(C)C)C(=O)O)cc(C)nc21. The molecule has 2 heterocycles. The molecule has 0 aliphatic rings. The van der Waals surface area contributed by atoms with Crippen LogP contribution in [0.3, 0.4) is 0 Å². The van der Waals surface area contributed by atoms with Crippen LogP contribution in [0.15, 0.2) is 12.3 Å². The molecule has 2 aromatic rings. The predicted octanol–water partition coefficient (Wildman–Crippen LogP) is 2.94. The minimum absolute atomic E-state index is 0.161. The van der Waals surface area contributed by atoms with Gasteiger partial charge in [0.05, 0.1) is 23.2 Å². The smallest absolute Gasteiger partial charge is 0.326 e. The Morgan fingerprint density at radius 3 is 2.56 bits per heavy atom. The van der Waals surface area contributed by atoms with Crippen molar-refractivity contribution in [2.75, 3.05) is 0 Å². The number of aryl methyl sites for hydroxylation is 1. The molecule has 2 aromatic heterocycles. The van der Waals surface area contributed by atoms with E-state index in [1.165, 1.54) is 0 Å². The second kappa shape index (κ2) is 7.63. The third-order valence-electron chi connectivity index (χ3n) is 4.26. The number of carbonyl (C=O) groups is 2. The average molecular weight is 346 g/mol. The molecule has 2 atom stereocenters. The number of aromatic nitrogens is 3. The summed E-state index contributed by atoms with van der Waals surface area (Å²) < 4.78 is 1.81. The minimum Gasteiger partial charge on any atom is -0.480 e. The zero-order valence-corrected chi connectivity index (χ0v) is 15.4. The predicted molar refractivity (Wildman–Crippen MR) is 95.6 cm³/mol. The normalized spacial score (nSPS) is 13.8. The van der Waals surface area contributed by atoms with E-state index < -0.39 is 17.9 Å². The Balaban J connectivity index is 2.41. The largest absolute Gasteiger partial charge is 0.480 e. The Morgan fingerprint density at radius 2 is 2.00 bits per heavy atom. The van der Waals surface area contributed by atoms with Crippen molar-refractivity contribution >= 4 is 22.9 Å². The van der Waals surface area contributed by atoms with Gasteiger partial charge in [0.15, 0.2) is 5.65 Å². The number of rotatable bonds is 7. The van der Waals surface area contributed by atoms with Crippen LogP contribution in [-0.4, -0.2) is 37.8 Å². The molecule has 1 unspecified atom stereocenters. The van der Waals surface area contributed by atoms with E-state index in [4.69, 9.17) is 0 Å². The van der Waals surface area contributed by atoms with Crippen molar-refractivity contribution < 1.29 is 14.7 Å². The number of hydrogen-bond acceptors (Lipinski definition) is 4. The van der Waals surface area contributed by atoms with Gasteiger partial charge in [-0.25, -0.2) is 14.5 Å². The fourth-order valence-corrected chi connectivity index (χ4v) is 2.76. The van der Waals surface area contributed by atoms with E-state index in [2.05, 4.69) is 22.3 Å². The van der Waals surface area contributed by atoms with E-state index in [9.17, 15) is 14.7 Å². The Kier molecular flexibility index (Phi) is 5.77. The first-order valence-corrected chi connectivity index (χ1v) is 8.63. The highest BCUT2D eigenvalue weighted by Crippen LogP contribution is 2.22. The first-order chi connectivity index (χ1) is 11.7. The minimum atomic E-state index is -1.03. The van der Waals surface area contributed by atoms with Gasteiger partial charge in [0, 0.05) is 5.69 Å². The molecule has 0 spiro atoms. The summed E-state index contributed by atoms with van der Waals surface area (Å²) in [5.74, 6) is -1.28. The zero-order valence-electron chi connectivity index (χ0n) is 15.4. The molecule has 0 bridgehead atoms. The summed E-state index contributed by atoms with van der Waals surface area (Å²) in [4.78, 5) is 28.7. The van der Waals surface area contributed by atoms with Crippen LogP contribution in [0.5, 0.6) is 0 Å². The summed E-state index contributed by atoms with van der Waals surface area (Å²) in [5.41, 5.74) is 1.75. The summed E-state index contributed by atoms with van der Waals surface area (Å²) in [6, 6.07) is 0.922. The molecule has 0 saturated carbocycles. The standard InChI is InChI=1S/C18H26N4O3/c1-6-12(5)22-16-14(9-19-22)13(8-11(4)20-16)17(23)21-15(18(24)25)7-10(2)3/h8-10,12,15H,6-7H2,1-5H3,(H,21,23)(H,24,25)/t12?,15-/m1/s1. The van der Waals surface area contributed by atoms with Gasteiger partial charge in [0.2, 0.25) is 0 Å². The lowest BCUT2D eigenvalue weighted by Crippen LogP contribution is -2.41. The highest BCUT2D eigenvalue weighted by molar-refractivity contribution is 6.06. The Labute approximate surface area is 147 Å². The summed E-state index contributed by atoms with van der Waals surface area (Å²) in [5, 5.41) is 17.0. The lowest BCUT2D eigenvalue weighted by Gasteiger charge is -2.17. The van der Waals surface area contributed by atoms with Crippen molar-refractivity contribution in [3.63, 3.8) is 0 Å². The summed E-state index contributed by atoms with van der Waals surface area (Å²) >= 11 is 0. The molecule has 0 fully saturated rings.